The molecule has 0 unspecified atom stereocenters. The van der Waals surface area contributed by atoms with Gasteiger partial charge in [0.15, 0.2) is 5.82 Å². The summed E-state index contributed by atoms with van der Waals surface area (Å²) in [6.45, 7) is 7.68. The minimum Gasteiger partial charge on any atom is -0.361 e. The highest BCUT2D eigenvalue weighted by atomic mass is 28.3. The molecule has 1 aromatic rings. The van der Waals surface area contributed by atoms with Crippen LogP contribution in [0.3, 0.4) is 0 Å². The van der Waals surface area contributed by atoms with Gasteiger partial charge in [-0.2, -0.15) is 0 Å². The lowest BCUT2D eigenvalue weighted by atomic mass is 9.78. The number of hydrogen-bond donors (Lipinski definition) is 0. The first-order valence-corrected chi connectivity index (χ1v) is 10.9. The van der Waals surface area contributed by atoms with Crippen molar-refractivity contribution in [2.24, 2.45) is 5.92 Å². The van der Waals surface area contributed by atoms with E-state index in [0.29, 0.717) is 6.61 Å². The summed E-state index contributed by atoms with van der Waals surface area (Å²) in [4.78, 5) is 16.1. The van der Waals surface area contributed by atoms with E-state index in [1.165, 1.54) is 6.20 Å². The Kier molecular flexibility index (Phi) is 4.62. The average Bonchev–Trinajstić information content (AvgIpc) is 2.77. The SMILES string of the molecule is C[Si](C)(C)CCOCn1ccnc1C(=O)C1CC(F)(F)C1. The standard InChI is InChI=1S/C14H22F2N2O2Si/c1-21(2,3)7-6-20-10-18-5-4-17-13(18)12(19)11-8-14(15,16)9-11/h4-5,11H,6-10H2,1-3H3. The third-order valence-electron chi connectivity index (χ3n) is 3.62. The molecule has 0 saturated heterocycles. The van der Waals surface area contributed by atoms with Gasteiger partial charge in [0.2, 0.25) is 11.7 Å². The summed E-state index contributed by atoms with van der Waals surface area (Å²) in [6, 6.07) is 1.04. The number of halogens is 2. The molecule has 0 bridgehead atoms. The maximum absolute atomic E-state index is 12.9. The van der Waals surface area contributed by atoms with Crippen molar-refractivity contribution < 1.29 is 18.3 Å². The van der Waals surface area contributed by atoms with Crippen molar-refractivity contribution >= 4 is 13.9 Å². The molecule has 0 N–H and O–H groups in total. The normalized spacial score (nSPS) is 18.5. The zero-order valence-corrected chi connectivity index (χ0v) is 13.7. The van der Waals surface area contributed by atoms with Crippen LogP contribution in [0.15, 0.2) is 12.4 Å². The number of ether oxygens (including phenoxy) is 1. The van der Waals surface area contributed by atoms with E-state index in [-0.39, 0.29) is 31.2 Å². The van der Waals surface area contributed by atoms with Crippen molar-refractivity contribution in [3.05, 3.63) is 18.2 Å². The van der Waals surface area contributed by atoms with E-state index in [2.05, 4.69) is 24.6 Å². The summed E-state index contributed by atoms with van der Waals surface area (Å²) in [5.74, 6) is -3.38. The van der Waals surface area contributed by atoms with Crippen LogP contribution in [-0.4, -0.2) is 35.9 Å². The Morgan fingerprint density at radius 1 is 1.48 bits per heavy atom. The third kappa shape index (κ3) is 4.44. The monoisotopic (exact) mass is 316 g/mol. The molecule has 1 heterocycles. The van der Waals surface area contributed by atoms with Gasteiger partial charge in [-0.25, -0.2) is 13.8 Å². The quantitative estimate of drug-likeness (QED) is 0.440. The van der Waals surface area contributed by atoms with Crippen LogP contribution in [0.1, 0.15) is 23.5 Å². The summed E-state index contributed by atoms with van der Waals surface area (Å²) >= 11 is 0. The van der Waals surface area contributed by atoms with Crippen LogP contribution in [0, 0.1) is 5.92 Å². The zero-order chi connectivity index (χ0) is 15.7. The van der Waals surface area contributed by atoms with Crippen LogP contribution in [0.2, 0.25) is 25.7 Å². The number of carbonyl (C=O) groups is 1. The smallest absolute Gasteiger partial charge is 0.249 e. The minimum absolute atomic E-state index is 0.225. The molecule has 118 valence electrons. The van der Waals surface area contributed by atoms with Gasteiger partial charge in [0.1, 0.15) is 6.73 Å². The molecule has 2 rings (SSSR count). The number of rotatable bonds is 7. The van der Waals surface area contributed by atoms with Gasteiger partial charge in [-0.05, 0) is 6.04 Å². The molecular weight excluding hydrogens is 294 g/mol. The molecule has 1 aliphatic carbocycles. The number of Topliss-reactive ketones (excluding diaryl/α,β-unsaturated/α-hetero) is 1. The lowest BCUT2D eigenvalue weighted by Crippen LogP contribution is -2.40. The van der Waals surface area contributed by atoms with Crippen molar-refractivity contribution in [3.8, 4) is 0 Å². The van der Waals surface area contributed by atoms with E-state index < -0.39 is 19.9 Å². The largest absolute Gasteiger partial charge is 0.361 e. The highest BCUT2D eigenvalue weighted by Gasteiger charge is 2.49. The fourth-order valence-electron chi connectivity index (χ4n) is 2.21. The molecule has 1 aliphatic rings. The van der Waals surface area contributed by atoms with Crippen molar-refractivity contribution in [3.63, 3.8) is 0 Å². The van der Waals surface area contributed by atoms with Gasteiger partial charge in [0, 0.05) is 45.8 Å². The van der Waals surface area contributed by atoms with E-state index in [4.69, 9.17) is 4.74 Å². The zero-order valence-electron chi connectivity index (χ0n) is 12.7. The number of aromatic nitrogens is 2. The predicted molar refractivity (Wildman–Crippen MR) is 78.3 cm³/mol. The third-order valence-corrected chi connectivity index (χ3v) is 5.33. The van der Waals surface area contributed by atoms with Crippen molar-refractivity contribution in [2.75, 3.05) is 6.61 Å². The van der Waals surface area contributed by atoms with Crippen molar-refractivity contribution in [1.82, 2.24) is 9.55 Å². The fourth-order valence-corrected chi connectivity index (χ4v) is 2.97. The van der Waals surface area contributed by atoms with E-state index in [1.54, 1.807) is 10.8 Å². The number of hydrogen-bond acceptors (Lipinski definition) is 3. The number of carbonyl (C=O) groups excluding carboxylic acids is 1. The lowest BCUT2D eigenvalue weighted by molar-refractivity contribution is -0.0985. The van der Waals surface area contributed by atoms with Gasteiger partial charge >= 0.3 is 0 Å². The van der Waals surface area contributed by atoms with E-state index in [1.807, 2.05) is 0 Å². The molecule has 4 nitrogen and oxygen atoms in total. The van der Waals surface area contributed by atoms with Crippen molar-refractivity contribution in [1.29, 1.82) is 0 Å². The first kappa shape index (κ1) is 16.3. The fraction of sp³-hybridized carbons (Fsp3) is 0.714. The second kappa shape index (κ2) is 5.96. The summed E-state index contributed by atoms with van der Waals surface area (Å²) in [5.41, 5.74) is 0. The number of alkyl halides is 2. The summed E-state index contributed by atoms with van der Waals surface area (Å²) in [5, 5.41) is 0. The van der Waals surface area contributed by atoms with Crippen LogP contribution in [0.25, 0.3) is 0 Å². The summed E-state index contributed by atoms with van der Waals surface area (Å²) in [6.07, 6.45) is 2.43. The summed E-state index contributed by atoms with van der Waals surface area (Å²) < 4.78 is 32.9. The summed E-state index contributed by atoms with van der Waals surface area (Å²) in [7, 11) is -1.15. The molecule has 0 amide bonds. The molecule has 0 atom stereocenters. The highest BCUT2D eigenvalue weighted by Crippen LogP contribution is 2.43. The van der Waals surface area contributed by atoms with E-state index >= 15 is 0 Å². The van der Waals surface area contributed by atoms with E-state index in [9.17, 15) is 13.6 Å². The van der Waals surface area contributed by atoms with Crippen LogP contribution in [-0.2, 0) is 11.5 Å². The Morgan fingerprint density at radius 3 is 2.71 bits per heavy atom. The first-order chi connectivity index (χ1) is 9.68. The van der Waals surface area contributed by atoms with Gasteiger partial charge in [-0.15, -0.1) is 0 Å². The molecule has 7 heteroatoms. The molecule has 1 fully saturated rings. The number of ketones is 1. The molecule has 0 aromatic carbocycles. The van der Waals surface area contributed by atoms with Crippen LogP contribution in [0.4, 0.5) is 8.78 Å². The van der Waals surface area contributed by atoms with Crippen LogP contribution < -0.4 is 0 Å². The maximum atomic E-state index is 12.9. The van der Waals surface area contributed by atoms with Gasteiger partial charge in [-0.3, -0.25) is 4.79 Å². The second-order valence-electron chi connectivity index (χ2n) is 6.89. The van der Waals surface area contributed by atoms with Gasteiger partial charge in [0.05, 0.1) is 0 Å². The van der Waals surface area contributed by atoms with Gasteiger partial charge in [-0.1, -0.05) is 19.6 Å². The Hall–Kier alpha value is -1.08. The minimum atomic E-state index is -2.69. The number of imidazole rings is 1. The van der Waals surface area contributed by atoms with Gasteiger partial charge in [0.25, 0.3) is 0 Å². The molecular formula is C14H22F2N2O2Si. The predicted octanol–water partition coefficient (Wildman–Crippen LogP) is 3.42. The average molecular weight is 316 g/mol. The molecule has 0 aliphatic heterocycles. The number of nitrogens with zero attached hydrogens (tertiary/aromatic N) is 2. The Labute approximate surface area is 124 Å². The topological polar surface area (TPSA) is 44.1 Å². The van der Waals surface area contributed by atoms with Crippen LogP contribution in [0.5, 0.6) is 0 Å². The van der Waals surface area contributed by atoms with Crippen molar-refractivity contribution in [2.45, 2.75) is 51.2 Å². The second-order valence-corrected chi connectivity index (χ2v) is 12.5. The Morgan fingerprint density at radius 2 is 2.14 bits per heavy atom. The van der Waals surface area contributed by atoms with E-state index in [0.717, 1.165) is 6.04 Å². The van der Waals surface area contributed by atoms with Gasteiger partial charge < -0.3 is 9.30 Å². The Bertz CT molecular complexity index is 503. The Balaban J connectivity index is 1.86. The lowest BCUT2D eigenvalue weighted by Gasteiger charge is -2.33. The molecule has 0 spiro atoms. The first-order valence-electron chi connectivity index (χ1n) is 7.19. The molecule has 1 saturated carbocycles. The molecule has 1 aromatic heterocycles. The highest BCUT2D eigenvalue weighted by molar-refractivity contribution is 6.76. The van der Waals surface area contributed by atoms with Crippen LogP contribution >= 0.6 is 0 Å². The maximum Gasteiger partial charge on any atom is 0.249 e. The molecule has 0 radical (unpaired) electrons. The molecule has 21 heavy (non-hydrogen) atoms.